The second-order valence-electron chi connectivity index (χ2n) is 6.88. The standard InChI is InChI=1S/C21H26FN3O2/c1-23-11-13-24(14-12-23)16-21(26)25(19-7-5-18(22)6-8-19)15-17-3-9-20(27-2)10-4-17/h3-10H,11-16H2,1-2H3. The summed E-state index contributed by atoms with van der Waals surface area (Å²) in [5, 5.41) is 0. The van der Waals surface area contributed by atoms with Crippen LogP contribution < -0.4 is 9.64 Å². The topological polar surface area (TPSA) is 36.0 Å². The van der Waals surface area contributed by atoms with E-state index in [1.54, 1.807) is 24.1 Å². The van der Waals surface area contributed by atoms with E-state index in [2.05, 4.69) is 16.8 Å². The first-order valence-corrected chi connectivity index (χ1v) is 9.15. The molecule has 0 radical (unpaired) electrons. The van der Waals surface area contributed by atoms with Crippen molar-refractivity contribution in [2.75, 3.05) is 51.8 Å². The van der Waals surface area contributed by atoms with Gasteiger partial charge in [0, 0.05) is 31.9 Å². The zero-order valence-electron chi connectivity index (χ0n) is 15.9. The lowest BCUT2D eigenvalue weighted by Gasteiger charge is -2.33. The van der Waals surface area contributed by atoms with Gasteiger partial charge in [-0.1, -0.05) is 12.1 Å². The molecule has 0 N–H and O–H groups in total. The molecule has 0 aromatic heterocycles. The van der Waals surface area contributed by atoms with Crippen LogP contribution in [0, 0.1) is 5.82 Å². The Kier molecular flexibility index (Phi) is 6.42. The number of amides is 1. The zero-order valence-corrected chi connectivity index (χ0v) is 15.9. The summed E-state index contributed by atoms with van der Waals surface area (Å²) in [5.74, 6) is 0.479. The van der Waals surface area contributed by atoms with Crippen LogP contribution in [-0.2, 0) is 11.3 Å². The fraction of sp³-hybridized carbons (Fsp3) is 0.381. The highest BCUT2D eigenvalue weighted by Crippen LogP contribution is 2.20. The van der Waals surface area contributed by atoms with Crippen LogP contribution in [0.2, 0.25) is 0 Å². The lowest BCUT2D eigenvalue weighted by Crippen LogP contribution is -2.48. The highest BCUT2D eigenvalue weighted by molar-refractivity contribution is 5.94. The quantitative estimate of drug-likeness (QED) is 0.782. The fourth-order valence-electron chi connectivity index (χ4n) is 3.14. The van der Waals surface area contributed by atoms with Crippen molar-refractivity contribution >= 4 is 11.6 Å². The van der Waals surface area contributed by atoms with Gasteiger partial charge in [0.2, 0.25) is 5.91 Å². The van der Waals surface area contributed by atoms with Crippen molar-refractivity contribution < 1.29 is 13.9 Å². The van der Waals surface area contributed by atoms with E-state index in [1.807, 2.05) is 24.3 Å². The molecule has 1 saturated heterocycles. The number of hydrogen-bond donors (Lipinski definition) is 0. The number of hydrogen-bond acceptors (Lipinski definition) is 4. The van der Waals surface area contributed by atoms with Crippen LogP contribution in [0.25, 0.3) is 0 Å². The molecule has 1 fully saturated rings. The number of piperazine rings is 1. The van der Waals surface area contributed by atoms with Gasteiger partial charge in [0.25, 0.3) is 0 Å². The number of nitrogens with zero attached hydrogens (tertiary/aromatic N) is 3. The average Bonchev–Trinajstić information content (AvgIpc) is 2.69. The number of anilines is 1. The van der Waals surface area contributed by atoms with Crippen LogP contribution in [0.15, 0.2) is 48.5 Å². The second kappa shape index (κ2) is 8.97. The van der Waals surface area contributed by atoms with Crippen LogP contribution in [0.3, 0.4) is 0 Å². The van der Waals surface area contributed by atoms with Gasteiger partial charge in [-0.2, -0.15) is 0 Å². The summed E-state index contributed by atoms with van der Waals surface area (Å²) in [6.07, 6.45) is 0. The van der Waals surface area contributed by atoms with Gasteiger partial charge in [0.1, 0.15) is 11.6 Å². The van der Waals surface area contributed by atoms with Gasteiger partial charge in [-0.05, 0) is 49.0 Å². The molecular formula is C21H26FN3O2. The monoisotopic (exact) mass is 371 g/mol. The molecule has 1 aliphatic heterocycles. The highest BCUT2D eigenvalue weighted by Gasteiger charge is 2.22. The van der Waals surface area contributed by atoms with E-state index < -0.39 is 0 Å². The minimum Gasteiger partial charge on any atom is -0.497 e. The van der Waals surface area contributed by atoms with Crippen LogP contribution in [-0.4, -0.2) is 62.6 Å². The molecule has 0 unspecified atom stereocenters. The lowest BCUT2D eigenvalue weighted by molar-refractivity contribution is -0.120. The van der Waals surface area contributed by atoms with E-state index in [1.165, 1.54) is 12.1 Å². The van der Waals surface area contributed by atoms with Gasteiger partial charge in [0.15, 0.2) is 0 Å². The lowest BCUT2D eigenvalue weighted by atomic mass is 10.1. The summed E-state index contributed by atoms with van der Waals surface area (Å²) in [5.41, 5.74) is 1.69. The molecule has 1 aliphatic rings. The zero-order chi connectivity index (χ0) is 19.2. The molecule has 6 heteroatoms. The van der Waals surface area contributed by atoms with Crippen LogP contribution >= 0.6 is 0 Å². The second-order valence-corrected chi connectivity index (χ2v) is 6.88. The third-order valence-electron chi connectivity index (χ3n) is 4.89. The number of rotatable bonds is 6. The maximum absolute atomic E-state index is 13.3. The fourth-order valence-corrected chi connectivity index (χ4v) is 3.14. The first-order valence-electron chi connectivity index (χ1n) is 9.15. The number of methoxy groups -OCH3 is 1. The number of benzene rings is 2. The summed E-state index contributed by atoms with van der Waals surface area (Å²) in [6, 6.07) is 13.7. The number of halogens is 1. The maximum atomic E-state index is 13.3. The summed E-state index contributed by atoms with van der Waals surface area (Å²) in [7, 11) is 3.72. The number of carbonyl (C=O) groups is 1. The van der Waals surface area contributed by atoms with Crippen LogP contribution in [0.1, 0.15) is 5.56 Å². The summed E-state index contributed by atoms with van der Waals surface area (Å²) < 4.78 is 18.5. The van der Waals surface area contributed by atoms with Crippen molar-refractivity contribution in [3.05, 3.63) is 59.9 Å². The molecule has 1 heterocycles. The first-order chi connectivity index (χ1) is 13.0. The minimum absolute atomic E-state index is 0.0157. The molecule has 0 spiro atoms. The van der Waals surface area contributed by atoms with Crippen molar-refractivity contribution in [1.82, 2.24) is 9.80 Å². The van der Waals surface area contributed by atoms with E-state index in [4.69, 9.17) is 4.74 Å². The van der Waals surface area contributed by atoms with Gasteiger partial charge in [-0.3, -0.25) is 9.69 Å². The van der Waals surface area contributed by atoms with Crippen molar-refractivity contribution in [3.8, 4) is 5.75 Å². The Morgan fingerprint density at radius 1 is 1.04 bits per heavy atom. The molecule has 5 nitrogen and oxygen atoms in total. The Balaban J connectivity index is 1.76. The van der Waals surface area contributed by atoms with Gasteiger partial charge in [-0.15, -0.1) is 0 Å². The Labute approximate surface area is 159 Å². The Hall–Kier alpha value is -2.44. The Morgan fingerprint density at radius 3 is 2.26 bits per heavy atom. The molecule has 27 heavy (non-hydrogen) atoms. The van der Waals surface area contributed by atoms with Crippen molar-refractivity contribution in [2.24, 2.45) is 0 Å². The van der Waals surface area contributed by atoms with Crippen molar-refractivity contribution in [1.29, 1.82) is 0 Å². The normalized spacial score (nSPS) is 15.5. The molecule has 2 aromatic carbocycles. The van der Waals surface area contributed by atoms with Crippen LogP contribution in [0.5, 0.6) is 5.75 Å². The third kappa shape index (κ3) is 5.28. The van der Waals surface area contributed by atoms with Crippen molar-refractivity contribution in [3.63, 3.8) is 0 Å². The predicted molar refractivity (Wildman–Crippen MR) is 105 cm³/mol. The maximum Gasteiger partial charge on any atom is 0.241 e. The Bertz CT molecular complexity index is 741. The van der Waals surface area contributed by atoms with E-state index >= 15 is 0 Å². The molecule has 3 rings (SSSR count). The van der Waals surface area contributed by atoms with Gasteiger partial charge in [-0.25, -0.2) is 4.39 Å². The van der Waals surface area contributed by atoms with Gasteiger partial charge in [0.05, 0.1) is 20.2 Å². The van der Waals surface area contributed by atoms with Gasteiger partial charge < -0.3 is 14.5 Å². The molecule has 0 saturated carbocycles. The highest BCUT2D eigenvalue weighted by atomic mass is 19.1. The van der Waals surface area contributed by atoms with Crippen molar-refractivity contribution in [2.45, 2.75) is 6.54 Å². The number of likely N-dealkylation sites (N-methyl/N-ethyl adjacent to an activating group) is 1. The molecule has 0 bridgehead atoms. The minimum atomic E-state index is -0.310. The smallest absolute Gasteiger partial charge is 0.241 e. The first kappa shape index (κ1) is 19.3. The SMILES string of the molecule is COc1ccc(CN(C(=O)CN2CCN(C)CC2)c2ccc(F)cc2)cc1. The number of carbonyl (C=O) groups excluding carboxylic acids is 1. The summed E-state index contributed by atoms with van der Waals surface area (Å²) in [6.45, 7) is 4.47. The summed E-state index contributed by atoms with van der Waals surface area (Å²) in [4.78, 5) is 19.2. The van der Waals surface area contributed by atoms with Crippen LogP contribution in [0.4, 0.5) is 10.1 Å². The van der Waals surface area contributed by atoms with E-state index in [0.717, 1.165) is 37.5 Å². The molecule has 2 aromatic rings. The van der Waals surface area contributed by atoms with E-state index in [0.29, 0.717) is 18.8 Å². The van der Waals surface area contributed by atoms with E-state index in [-0.39, 0.29) is 11.7 Å². The predicted octanol–water partition coefficient (Wildman–Crippen LogP) is 2.61. The van der Waals surface area contributed by atoms with E-state index in [9.17, 15) is 9.18 Å². The molecule has 144 valence electrons. The van der Waals surface area contributed by atoms with Gasteiger partial charge >= 0.3 is 0 Å². The third-order valence-corrected chi connectivity index (χ3v) is 4.89. The molecular weight excluding hydrogens is 345 g/mol. The largest absolute Gasteiger partial charge is 0.497 e. The summed E-state index contributed by atoms with van der Waals surface area (Å²) >= 11 is 0. The Morgan fingerprint density at radius 2 is 1.67 bits per heavy atom. The molecule has 0 atom stereocenters. The molecule has 1 amide bonds. The molecule has 0 aliphatic carbocycles. The number of ether oxygens (including phenoxy) is 1. The average molecular weight is 371 g/mol.